The lowest BCUT2D eigenvalue weighted by Gasteiger charge is -2.35. The van der Waals surface area contributed by atoms with Gasteiger partial charge < -0.3 is 14.7 Å². The molecule has 0 amide bonds. The lowest BCUT2D eigenvalue weighted by molar-refractivity contribution is -0.139. The summed E-state index contributed by atoms with van der Waals surface area (Å²) in [5.41, 5.74) is -2.30. The maximum Gasteiger partial charge on any atom is 0.421 e. The van der Waals surface area contributed by atoms with Crippen molar-refractivity contribution in [1.29, 1.82) is 0 Å². The van der Waals surface area contributed by atoms with Gasteiger partial charge in [-0.1, -0.05) is 12.1 Å². The number of carboxylic acid groups (broad SMARTS) is 1. The van der Waals surface area contributed by atoms with Crippen molar-refractivity contribution in [3.8, 4) is 5.75 Å². The number of aromatic nitrogens is 2. The molecule has 1 atom stereocenters. The summed E-state index contributed by atoms with van der Waals surface area (Å²) in [6, 6.07) is 7.13. The van der Waals surface area contributed by atoms with E-state index in [0.717, 1.165) is 0 Å². The van der Waals surface area contributed by atoms with Crippen molar-refractivity contribution in [2.24, 2.45) is 0 Å². The average molecular weight is 355 g/mol. The van der Waals surface area contributed by atoms with Gasteiger partial charge in [-0.05, 0) is 12.1 Å². The Labute approximate surface area is 138 Å². The minimum absolute atomic E-state index is 0.0281. The molecule has 1 aliphatic heterocycles. The van der Waals surface area contributed by atoms with E-state index in [-0.39, 0.29) is 18.8 Å². The molecule has 0 aliphatic carbocycles. The number of nitrogens with zero attached hydrogens (tertiary/aromatic N) is 2. The summed E-state index contributed by atoms with van der Waals surface area (Å²) >= 11 is 0. The molecule has 7 nitrogen and oxygen atoms in total. The predicted octanol–water partition coefficient (Wildman–Crippen LogP) is 2.16. The third kappa shape index (κ3) is 3.42. The van der Waals surface area contributed by atoms with E-state index in [1.165, 1.54) is 4.90 Å². The molecule has 0 radical (unpaired) electrons. The molecule has 2 aromatic rings. The molecule has 0 fully saturated rings. The number of ether oxygens (including phenoxy) is 1. The third-order valence-electron chi connectivity index (χ3n) is 3.61. The van der Waals surface area contributed by atoms with Gasteiger partial charge in [0, 0.05) is 6.07 Å². The number of aliphatic carboxylic acids is 1. The van der Waals surface area contributed by atoms with Crippen LogP contribution in [0.2, 0.25) is 0 Å². The van der Waals surface area contributed by atoms with E-state index in [1.54, 1.807) is 24.3 Å². The fourth-order valence-corrected chi connectivity index (χ4v) is 2.56. The van der Waals surface area contributed by atoms with Crippen molar-refractivity contribution in [3.63, 3.8) is 0 Å². The second kappa shape index (κ2) is 6.11. The van der Waals surface area contributed by atoms with E-state index in [4.69, 9.17) is 9.84 Å². The number of hydrogen-bond acceptors (Lipinski definition) is 5. The monoisotopic (exact) mass is 355 g/mol. The standard InChI is InChI=1S/C15H12F3N3O4/c16-15(17,18)9-6-12(19-20-14(9)24)21-7-8(5-13(22)23)25-11-4-2-1-3-10(11)21/h1-4,6,8H,5,7H2,(H,20,24)(H,22,23). The van der Waals surface area contributed by atoms with Gasteiger partial charge in [-0.3, -0.25) is 9.59 Å². The summed E-state index contributed by atoms with van der Waals surface area (Å²) < 4.78 is 44.5. The summed E-state index contributed by atoms with van der Waals surface area (Å²) in [5.74, 6) is -0.936. The normalized spacial score (nSPS) is 16.9. The van der Waals surface area contributed by atoms with Crippen LogP contribution in [0.1, 0.15) is 12.0 Å². The second-order valence-electron chi connectivity index (χ2n) is 5.38. The van der Waals surface area contributed by atoms with E-state index in [9.17, 15) is 22.8 Å². The first-order valence-electron chi connectivity index (χ1n) is 7.17. The molecular weight excluding hydrogens is 343 g/mol. The Morgan fingerprint density at radius 3 is 2.80 bits per heavy atom. The summed E-state index contributed by atoms with van der Waals surface area (Å²) in [5, 5.41) is 14.5. The van der Waals surface area contributed by atoms with Gasteiger partial charge in [0.05, 0.1) is 18.7 Å². The number of nitrogens with one attached hydrogen (secondary N) is 1. The van der Waals surface area contributed by atoms with Crippen molar-refractivity contribution >= 4 is 17.5 Å². The van der Waals surface area contributed by atoms with E-state index in [1.807, 2.05) is 5.10 Å². The lowest BCUT2D eigenvalue weighted by atomic mass is 10.1. The molecule has 1 unspecified atom stereocenters. The zero-order chi connectivity index (χ0) is 18.2. The van der Waals surface area contributed by atoms with Crippen molar-refractivity contribution in [3.05, 3.63) is 46.2 Å². The molecule has 0 spiro atoms. The van der Waals surface area contributed by atoms with Gasteiger partial charge in [0.25, 0.3) is 5.56 Å². The Kier molecular flexibility index (Phi) is 4.11. The van der Waals surface area contributed by atoms with Crippen molar-refractivity contribution in [1.82, 2.24) is 10.2 Å². The molecular formula is C15H12F3N3O4. The van der Waals surface area contributed by atoms with Crippen LogP contribution < -0.4 is 15.2 Å². The number of H-pyrrole nitrogens is 1. The Morgan fingerprint density at radius 1 is 1.40 bits per heavy atom. The maximum atomic E-state index is 13.0. The fourth-order valence-electron chi connectivity index (χ4n) is 2.56. The van der Waals surface area contributed by atoms with Crippen LogP contribution in [0.4, 0.5) is 24.7 Å². The molecule has 0 saturated carbocycles. The number of carboxylic acids is 1. The Bertz CT molecular complexity index is 866. The number of fused-ring (bicyclic) bond motifs is 1. The highest BCUT2D eigenvalue weighted by molar-refractivity contribution is 5.71. The predicted molar refractivity (Wildman–Crippen MR) is 80.0 cm³/mol. The van der Waals surface area contributed by atoms with Gasteiger partial charge in [-0.25, -0.2) is 5.10 Å². The first kappa shape index (κ1) is 16.8. The molecule has 25 heavy (non-hydrogen) atoms. The van der Waals surface area contributed by atoms with Crippen LogP contribution in [0, 0.1) is 0 Å². The summed E-state index contributed by atoms with van der Waals surface area (Å²) in [6.07, 6.45) is -5.95. The quantitative estimate of drug-likeness (QED) is 0.876. The van der Waals surface area contributed by atoms with Gasteiger partial charge >= 0.3 is 12.1 Å². The van der Waals surface area contributed by atoms with Gasteiger partial charge in [-0.2, -0.15) is 18.3 Å². The molecule has 2 heterocycles. The van der Waals surface area contributed by atoms with Gasteiger partial charge in [0.1, 0.15) is 17.4 Å². The minimum atomic E-state index is -4.84. The Balaban J connectivity index is 2.06. The molecule has 1 aliphatic rings. The number of anilines is 2. The molecule has 0 saturated heterocycles. The number of carbonyl (C=O) groups is 1. The van der Waals surface area contributed by atoms with Crippen molar-refractivity contribution < 1.29 is 27.8 Å². The fraction of sp³-hybridized carbons (Fsp3) is 0.267. The summed E-state index contributed by atoms with van der Waals surface area (Å²) in [7, 11) is 0. The van der Waals surface area contributed by atoms with Crippen LogP contribution in [0.3, 0.4) is 0 Å². The topological polar surface area (TPSA) is 95.5 Å². The minimum Gasteiger partial charge on any atom is -0.486 e. The number of benzene rings is 1. The van der Waals surface area contributed by atoms with Gasteiger partial charge in [0.15, 0.2) is 5.82 Å². The highest BCUT2D eigenvalue weighted by atomic mass is 19.4. The third-order valence-corrected chi connectivity index (χ3v) is 3.61. The van der Waals surface area contributed by atoms with Crippen LogP contribution in [0.5, 0.6) is 5.75 Å². The molecule has 10 heteroatoms. The smallest absolute Gasteiger partial charge is 0.421 e. The molecule has 1 aromatic carbocycles. The number of alkyl halides is 3. The maximum absolute atomic E-state index is 13.0. The highest BCUT2D eigenvalue weighted by Gasteiger charge is 2.36. The summed E-state index contributed by atoms with van der Waals surface area (Å²) in [6.45, 7) is -0.0281. The molecule has 2 N–H and O–H groups in total. The van der Waals surface area contributed by atoms with Crippen LogP contribution >= 0.6 is 0 Å². The Morgan fingerprint density at radius 2 is 2.12 bits per heavy atom. The SMILES string of the molecule is O=C(O)CC1CN(c2cc(C(F)(F)F)c(=O)[nH]n2)c2ccccc2O1. The number of rotatable bonds is 3. The van der Waals surface area contributed by atoms with Crippen molar-refractivity contribution in [2.45, 2.75) is 18.7 Å². The van der Waals surface area contributed by atoms with Gasteiger partial charge in [0.2, 0.25) is 0 Å². The van der Waals surface area contributed by atoms with E-state index < -0.39 is 29.4 Å². The van der Waals surface area contributed by atoms with E-state index in [2.05, 4.69) is 5.10 Å². The molecule has 3 rings (SSSR count). The van der Waals surface area contributed by atoms with Crippen LogP contribution in [0.15, 0.2) is 35.1 Å². The zero-order valence-corrected chi connectivity index (χ0v) is 12.6. The lowest BCUT2D eigenvalue weighted by Crippen LogP contribution is -2.39. The average Bonchev–Trinajstić information content (AvgIpc) is 2.53. The number of para-hydroxylation sites is 2. The summed E-state index contributed by atoms with van der Waals surface area (Å²) in [4.78, 5) is 23.7. The zero-order valence-electron chi connectivity index (χ0n) is 12.6. The van der Waals surface area contributed by atoms with Crippen LogP contribution in [-0.2, 0) is 11.0 Å². The van der Waals surface area contributed by atoms with E-state index in [0.29, 0.717) is 17.5 Å². The van der Waals surface area contributed by atoms with Crippen LogP contribution in [-0.4, -0.2) is 33.9 Å². The molecule has 132 valence electrons. The van der Waals surface area contributed by atoms with Gasteiger partial charge in [-0.15, -0.1) is 0 Å². The number of halogens is 3. The molecule has 1 aromatic heterocycles. The first-order chi connectivity index (χ1) is 11.8. The molecule has 0 bridgehead atoms. The Hall–Kier alpha value is -3.04. The van der Waals surface area contributed by atoms with E-state index >= 15 is 0 Å². The van der Waals surface area contributed by atoms with Crippen LogP contribution in [0.25, 0.3) is 0 Å². The largest absolute Gasteiger partial charge is 0.486 e. The first-order valence-corrected chi connectivity index (χ1v) is 7.17. The van der Waals surface area contributed by atoms with Crippen molar-refractivity contribution in [2.75, 3.05) is 11.4 Å². The number of hydrogen-bond donors (Lipinski definition) is 2. The number of aromatic amines is 1. The second-order valence-corrected chi connectivity index (χ2v) is 5.38. The highest BCUT2D eigenvalue weighted by Crippen LogP contribution is 2.38.